The molecule has 0 radical (unpaired) electrons. The lowest BCUT2D eigenvalue weighted by Crippen LogP contribution is -2.55. The number of esters is 2. The summed E-state index contributed by atoms with van der Waals surface area (Å²) in [6.07, 6.45) is 7.30. The second kappa shape index (κ2) is 8.38. The van der Waals surface area contributed by atoms with Gasteiger partial charge < -0.3 is 14.0 Å². The Morgan fingerprint density at radius 3 is 2.03 bits per heavy atom. The Morgan fingerprint density at radius 2 is 1.45 bits per heavy atom. The maximum absolute atomic E-state index is 12.9. The average Bonchev–Trinajstić information content (AvgIpc) is 3.37. The van der Waals surface area contributed by atoms with Gasteiger partial charge in [0.25, 0.3) is 0 Å². The number of benzene rings is 2. The zero-order valence-corrected chi connectivity index (χ0v) is 17.0. The molecule has 3 aliphatic rings. The Hall–Kier alpha value is -3.41. The van der Waals surface area contributed by atoms with Gasteiger partial charge in [0.15, 0.2) is 0 Å². The lowest BCUT2D eigenvalue weighted by Gasteiger charge is -2.51. The van der Waals surface area contributed by atoms with Crippen molar-refractivity contribution in [3.05, 3.63) is 90.5 Å². The minimum atomic E-state index is -0.500. The van der Waals surface area contributed by atoms with Gasteiger partial charge in [-0.2, -0.15) is 0 Å². The highest BCUT2D eigenvalue weighted by Gasteiger charge is 2.53. The van der Waals surface area contributed by atoms with E-state index in [1.807, 2.05) is 48.9 Å². The first-order valence-corrected chi connectivity index (χ1v) is 10.7. The monoisotopic (exact) mass is 416 g/mol. The molecule has 6 nitrogen and oxygen atoms in total. The number of hydrogen-bond acceptors (Lipinski definition) is 5. The van der Waals surface area contributed by atoms with Crippen molar-refractivity contribution in [2.24, 2.45) is 11.8 Å². The first-order valence-electron chi connectivity index (χ1n) is 10.7. The molecule has 6 rings (SSSR count). The molecular weight excluding hydrogens is 392 g/mol. The predicted molar refractivity (Wildman–Crippen MR) is 113 cm³/mol. The van der Waals surface area contributed by atoms with Gasteiger partial charge in [-0.05, 0) is 43.5 Å². The molecule has 1 heterocycles. The van der Waals surface area contributed by atoms with E-state index in [-0.39, 0.29) is 29.8 Å². The normalized spacial score (nSPS) is 26.9. The topological polar surface area (TPSA) is 70.4 Å². The quantitative estimate of drug-likeness (QED) is 0.580. The number of fused-ring (bicyclic) bond motifs is 3. The van der Waals surface area contributed by atoms with Crippen molar-refractivity contribution >= 4 is 11.9 Å². The van der Waals surface area contributed by atoms with Gasteiger partial charge in [-0.25, -0.2) is 14.6 Å². The Bertz CT molecular complexity index is 1040. The standard InChI is InChI=1S/C25H24N2O4/c28-24(17-7-3-1-4-8-17)30-22-19-11-12-20(21(15-19)27-14-13-26-16-27)23(22)31-25(29)18-9-5-2-6-10-18/h1-10,13-14,16,19-23H,11-12,15H2. The second-order valence-corrected chi connectivity index (χ2v) is 8.29. The number of aromatic nitrogens is 2. The summed E-state index contributed by atoms with van der Waals surface area (Å²) in [4.78, 5) is 29.9. The molecule has 3 fully saturated rings. The summed E-state index contributed by atoms with van der Waals surface area (Å²) < 4.78 is 14.1. The van der Waals surface area contributed by atoms with E-state index in [0.29, 0.717) is 11.1 Å². The van der Waals surface area contributed by atoms with Crippen LogP contribution in [0.1, 0.15) is 46.0 Å². The highest BCUT2D eigenvalue weighted by Crippen LogP contribution is 2.50. The number of imidazole rings is 1. The molecule has 1 aromatic heterocycles. The number of carbonyl (C=O) groups is 2. The van der Waals surface area contributed by atoms with Gasteiger partial charge in [0, 0.05) is 30.3 Å². The molecule has 0 amide bonds. The molecule has 0 aliphatic heterocycles. The van der Waals surface area contributed by atoms with E-state index in [1.54, 1.807) is 30.5 Å². The first-order chi connectivity index (χ1) is 15.2. The van der Waals surface area contributed by atoms with Crippen molar-refractivity contribution in [1.29, 1.82) is 0 Å². The van der Waals surface area contributed by atoms with E-state index in [9.17, 15) is 9.59 Å². The summed E-state index contributed by atoms with van der Waals surface area (Å²) in [5.41, 5.74) is 1.000. The van der Waals surface area contributed by atoms with Crippen LogP contribution < -0.4 is 0 Å². The summed E-state index contributed by atoms with van der Waals surface area (Å²) in [6.45, 7) is 0. The summed E-state index contributed by atoms with van der Waals surface area (Å²) >= 11 is 0. The third-order valence-corrected chi connectivity index (χ3v) is 6.53. The Labute approximate surface area is 180 Å². The Balaban J connectivity index is 1.42. The van der Waals surface area contributed by atoms with Gasteiger partial charge >= 0.3 is 11.9 Å². The first kappa shape index (κ1) is 19.5. The maximum atomic E-state index is 12.9. The van der Waals surface area contributed by atoms with Crippen molar-refractivity contribution in [2.45, 2.75) is 37.5 Å². The molecule has 158 valence electrons. The van der Waals surface area contributed by atoms with E-state index in [0.717, 1.165) is 19.3 Å². The molecule has 2 bridgehead atoms. The predicted octanol–water partition coefficient (Wildman–Crippen LogP) is 4.31. The van der Waals surface area contributed by atoms with E-state index in [1.165, 1.54) is 0 Å². The van der Waals surface area contributed by atoms with Crippen LogP contribution in [0.2, 0.25) is 0 Å². The van der Waals surface area contributed by atoms with Gasteiger partial charge in [-0.3, -0.25) is 0 Å². The molecular formula is C25H24N2O4. The highest BCUT2D eigenvalue weighted by atomic mass is 16.6. The third kappa shape index (κ3) is 3.85. The molecule has 3 aromatic rings. The van der Waals surface area contributed by atoms with E-state index in [4.69, 9.17) is 9.47 Å². The van der Waals surface area contributed by atoms with Crippen molar-refractivity contribution in [1.82, 2.24) is 9.55 Å². The number of rotatable bonds is 5. The van der Waals surface area contributed by atoms with Crippen LogP contribution in [0.5, 0.6) is 0 Å². The second-order valence-electron chi connectivity index (χ2n) is 8.29. The van der Waals surface area contributed by atoms with Gasteiger partial charge in [0.05, 0.1) is 17.5 Å². The molecule has 0 saturated heterocycles. The SMILES string of the molecule is O=C(OC1C2CCC(C1OC(=O)c1ccccc1)C(n1ccnc1)C2)c1ccccc1. The van der Waals surface area contributed by atoms with Crippen molar-refractivity contribution in [2.75, 3.05) is 0 Å². The van der Waals surface area contributed by atoms with Crippen LogP contribution in [0.3, 0.4) is 0 Å². The fourth-order valence-corrected chi connectivity index (χ4v) is 5.05. The largest absolute Gasteiger partial charge is 0.455 e. The minimum Gasteiger partial charge on any atom is -0.455 e. The molecule has 31 heavy (non-hydrogen) atoms. The fourth-order valence-electron chi connectivity index (χ4n) is 5.05. The molecule has 6 heteroatoms. The molecule has 3 saturated carbocycles. The molecule has 0 N–H and O–H groups in total. The Kier molecular flexibility index (Phi) is 5.28. The van der Waals surface area contributed by atoms with Crippen LogP contribution in [0.15, 0.2) is 79.4 Å². The van der Waals surface area contributed by atoms with Crippen LogP contribution in [-0.2, 0) is 9.47 Å². The third-order valence-electron chi connectivity index (χ3n) is 6.53. The smallest absolute Gasteiger partial charge is 0.338 e. The van der Waals surface area contributed by atoms with Gasteiger partial charge in [0.1, 0.15) is 12.2 Å². The zero-order chi connectivity index (χ0) is 21.2. The van der Waals surface area contributed by atoms with E-state index >= 15 is 0 Å². The number of ether oxygens (including phenoxy) is 2. The summed E-state index contributed by atoms with van der Waals surface area (Å²) in [7, 11) is 0. The minimum absolute atomic E-state index is 0.0560. The highest BCUT2D eigenvalue weighted by molar-refractivity contribution is 5.90. The van der Waals surface area contributed by atoms with Crippen LogP contribution in [0.4, 0.5) is 0 Å². The molecule has 2 aromatic carbocycles. The fraction of sp³-hybridized carbons (Fsp3) is 0.320. The number of nitrogens with zero attached hydrogens (tertiary/aromatic N) is 2. The summed E-state index contributed by atoms with van der Waals surface area (Å²) in [5, 5.41) is 0. The van der Waals surface area contributed by atoms with Gasteiger partial charge in [-0.15, -0.1) is 0 Å². The molecule has 0 spiro atoms. The lowest BCUT2D eigenvalue weighted by molar-refractivity contribution is -0.138. The van der Waals surface area contributed by atoms with Crippen LogP contribution in [-0.4, -0.2) is 33.7 Å². The summed E-state index contributed by atoms with van der Waals surface area (Å²) in [6, 6.07) is 18.1. The molecule has 3 aliphatic carbocycles. The zero-order valence-electron chi connectivity index (χ0n) is 17.0. The molecule has 5 unspecified atom stereocenters. The lowest BCUT2D eigenvalue weighted by atomic mass is 9.64. The summed E-state index contributed by atoms with van der Waals surface area (Å²) in [5.74, 6) is -0.583. The van der Waals surface area contributed by atoms with Crippen molar-refractivity contribution < 1.29 is 19.1 Å². The molecule has 5 atom stereocenters. The Morgan fingerprint density at radius 1 is 0.839 bits per heavy atom. The van der Waals surface area contributed by atoms with Crippen LogP contribution >= 0.6 is 0 Å². The van der Waals surface area contributed by atoms with Crippen LogP contribution in [0, 0.1) is 11.8 Å². The van der Waals surface area contributed by atoms with Crippen molar-refractivity contribution in [3.8, 4) is 0 Å². The number of hydrogen-bond donors (Lipinski definition) is 0. The number of carbonyl (C=O) groups excluding carboxylic acids is 2. The van der Waals surface area contributed by atoms with Gasteiger partial charge in [0.2, 0.25) is 0 Å². The maximum Gasteiger partial charge on any atom is 0.338 e. The van der Waals surface area contributed by atoms with E-state index in [2.05, 4.69) is 9.55 Å². The van der Waals surface area contributed by atoms with Crippen LogP contribution in [0.25, 0.3) is 0 Å². The average molecular weight is 416 g/mol. The van der Waals surface area contributed by atoms with Crippen molar-refractivity contribution in [3.63, 3.8) is 0 Å². The van der Waals surface area contributed by atoms with E-state index < -0.39 is 12.2 Å². The van der Waals surface area contributed by atoms with Gasteiger partial charge in [-0.1, -0.05) is 36.4 Å².